The number of nitrogens with zero attached hydrogens (tertiary/aromatic N) is 1. The smallest absolute Gasteiger partial charge is 0.242 e. The Bertz CT molecular complexity index is 511. The number of carbonyl (C=O) groups is 1. The van der Waals surface area contributed by atoms with Crippen molar-refractivity contribution in [1.29, 1.82) is 0 Å². The van der Waals surface area contributed by atoms with Crippen LogP contribution in [0.5, 0.6) is 0 Å². The Balaban J connectivity index is 2.94. The number of ketones is 1. The average Bonchev–Trinajstić information content (AvgIpc) is 2.35. The Morgan fingerprint density at radius 2 is 1.83 bits per heavy atom. The van der Waals surface area contributed by atoms with E-state index in [-0.39, 0.29) is 10.7 Å². The summed E-state index contributed by atoms with van der Waals surface area (Å²) in [4.78, 5) is 11.3. The molecule has 0 radical (unpaired) electrons. The lowest BCUT2D eigenvalue weighted by Gasteiger charge is -2.16. The predicted octanol–water partition coefficient (Wildman–Crippen LogP) is 2.29. The largest absolute Gasteiger partial charge is 0.295 e. The van der Waals surface area contributed by atoms with Crippen LogP contribution in [-0.2, 0) is 10.0 Å². The maximum Gasteiger partial charge on any atom is 0.242 e. The lowest BCUT2D eigenvalue weighted by atomic mass is 10.2. The highest BCUT2D eigenvalue weighted by Crippen LogP contribution is 2.15. The van der Waals surface area contributed by atoms with Crippen LogP contribution in [-0.4, -0.2) is 37.4 Å². The number of benzene rings is 1. The quantitative estimate of drug-likeness (QED) is 0.592. The highest BCUT2D eigenvalue weighted by atomic mass is 79.9. The Morgan fingerprint density at radius 1 is 1.28 bits per heavy atom. The molecule has 4 nitrogen and oxygen atoms in total. The van der Waals surface area contributed by atoms with Gasteiger partial charge in [-0.2, -0.15) is 0 Å². The van der Waals surface area contributed by atoms with Gasteiger partial charge in [0.2, 0.25) is 10.0 Å². The number of Topliss-reactive ketones (excluding diaryl/α,β-unsaturated/α-hetero) is 1. The van der Waals surface area contributed by atoms with E-state index in [0.29, 0.717) is 12.1 Å². The summed E-state index contributed by atoms with van der Waals surface area (Å²) >= 11 is 3.27. The summed E-state index contributed by atoms with van der Waals surface area (Å²) in [5, 5.41) is 0.760. The molecule has 0 aliphatic rings. The van der Waals surface area contributed by atoms with Crippen molar-refractivity contribution < 1.29 is 13.2 Å². The first-order valence-electron chi connectivity index (χ1n) is 5.53. The minimum atomic E-state index is -3.45. The molecule has 0 saturated carbocycles. The van der Waals surface area contributed by atoms with Crippen LogP contribution in [0.4, 0.5) is 0 Å². The molecule has 0 aromatic heterocycles. The molecule has 0 unspecified atom stereocenters. The monoisotopic (exact) mass is 333 g/mol. The third kappa shape index (κ3) is 3.63. The molecule has 1 aromatic carbocycles. The minimum Gasteiger partial charge on any atom is -0.295 e. The molecule has 18 heavy (non-hydrogen) atoms. The molecule has 0 N–H and O–H groups in total. The molecule has 0 bridgehead atoms. The summed E-state index contributed by atoms with van der Waals surface area (Å²) in [5.41, 5.74) is 0.511. The molecule has 0 aliphatic heterocycles. The van der Waals surface area contributed by atoms with Crippen molar-refractivity contribution in [1.82, 2.24) is 4.31 Å². The number of hydrogen-bond acceptors (Lipinski definition) is 3. The maximum atomic E-state index is 12.1. The van der Waals surface area contributed by atoms with E-state index in [1.54, 1.807) is 7.05 Å². The van der Waals surface area contributed by atoms with Gasteiger partial charge in [0.05, 0.1) is 4.90 Å². The second-order valence-electron chi connectivity index (χ2n) is 3.95. The van der Waals surface area contributed by atoms with Gasteiger partial charge in [-0.05, 0) is 25.5 Å². The second-order valence-corrected chi connectivity index (χ2v) is 6.79. The van der Waals surface area contributed by atoms with Crippen molar-refractivity contribution in [2.75, 3.05) is 18.9 Å². The summed E-state index contributed by atoms with van der Waals surface area (Å²) in [6, 6.07) is 6.01. The normalized spacial score (nSPS) is 11.8. The molecular weight excluding hydrogens is 318 g/mol. The van der Waals surface area contributed by atoms with Gasteiger partial charge in [0.15, 0.2) is 5.78 Å². The molecule has 0 amide bonds. The highest BCUT2D eigenvalue weighted by molar-refractivity contribution is 9.09. The molecule has 0 fully saturated rings. The van der Waals surface area contributed by atoms with E-state index in [4.69, 9.17) is 0 Å². The van der Waals surface area contributed by atoms with Gasteiger partial charge in [-0.25, -0.2) is 12.7 Å². The number of rotatable bonds is 6. The van der Waals surface area contributed by atoms with Gasteiger partial charge in [-0.15, -0.1) is 0 Å². The molecule has 1 rings (SSSR count). The Morgan fingerprint density at radius 3 is 2.28 bits per heavy atom. The minimum absolute atomic E-state index is 0.0772. The zero-order chi connectivity index (χ0) is 13.8. The fourth-order valence-corrected chi connectivity index (χ4v) is 2.90. The topological polar surface area (TPSA) is 54.5 Å². The zero-order valence-corrected chi connectivity index (χ0v) is 12.8. The van der Waals surface area contributed by atoms with E-state index < -0.39 is 10.0 Å². The van der Waals surface area contributed by atoms with Crippen LogP contribution >= 0.6 is 15.9 Å². The molecular formula is C12H16BrNO3S. The summed E-state index contributed by atoms with van der Waals surface area (Å²) in [6.45, 7) is 1.91. The van der Waals surface area contributed by atoms with Crippen molar-refractivity contribution >= 4 is 31.7 Å². The van der Waals surface area contributed by atoms with Crippen LogP contribution in [0, 0.1) is 0 Å². The number of hydrogen-bond donors (Lipinski definition) is 0. The van der Waals surface area contributed by atoms with Crippen LogP contribution in [0.2, 0.25) is 0 Å². The molecule has 1 aromatic rings. The lowest BCUT2D eigenvalue weighted by molar-refractivity contribution is 0.101. The summed E-state index contributed by atoms with van der Waals surface area (Å²) < 4.78 is 25.6. The molecule has 0 spiro atoms. The molecule has 6 heteroatoms. The third-order valence-electron chi connectivity index (χ3n) is 2.58. The predicted molar refractivity (Wildman–Crippen MR) is 74.7 cm³/mol. The number of carbonyl (C=O) groups excluding carboxylic acids is 1. The lowest BCUT2D eigenvalue weighted by Crippen LogP contribution is -2.28. The molecule has 0 saturated heterocycles. The van der Waals surface area contributed by atoms with Crippen molar-refractivity contribution in [2.45, 2.75) is 18.2 Å². The average molecular weight is 334 g/mol. The van der Waals surface area contributed by atoms with Crippen molar-refractivity contribution in [2.24, 2.45) is 0 Å². The van der Waals surface area contributed by atoms with Crippen LogP contribution in [0.3, 0.4) is 0 Å². The Kier molecular flexibility index (Phi) is 5.49. The van der Waals surface area contributed by atoms with E-state index in [1.807, 2.05) is 0 Å². The Labute approximate surface area is 116 Å². The first-order chi connectivity index (χ1) is 8.39. The molecule has 100 valence electrons. The van der Waals surface area contributed by atoms with Crippen LogP contribution in [0.25, 0.3) is 0 Å². The first kappa shape index (κ1) is 15.3. The van der Waals surface area contributed by atoms with Gasteiger partial charge in [0.25, 0.3) is 0 Å². The van der Waals surface area contributed by atoms with Gasteiger partial charge < -0.3 is 0 Å². The van der Waals surface area contributed by atoms with Gasteiger partial charge in [0, 0.05) is 24.5 Å². The van der Waals surface area contributed by atoms with Gasteiger partial charge in [0.1, 0.15) is 0 Å². The number of sulfonamides is 1. The maximum absolute atomic E-state index is 12.1. The number of halogens is 1. The third-order valence-corrected chi connectivity index (χ3v) is 5.01. The molecule has 0 heterocycles. The fourth-order valence-electron chi connectivity index (χ4n) is 1.44. The zero-order valence-electron chi connectivity index (χ0n) is 10.4. The van der Waals surface area contributed by atoms with E-state index in [1.165, 1.54) is 35.5 Å². The SMILES string of the molecule is CC(=O)c1ccc(S(=O)(=O)N(C)CCCBr)cc1. The molecule has 0 aliphatic carbocycles. The van der Waals surface area contributed by atoms with Crippen LogP contribution < -0.4 is 0 Å². The van der Waals surface area contributed by atoms with E-state index in [9.17, 15) is 13.2 Å². The summed E-state index contributed by atoms with van der Waals surface area (Å²) in [5.74, 6) is -0.0772. The van der Waals surface area contributed by atoms with E-state index >= 15 is 0 Å². The Hall–Kier alpha value is -0.720. The van der Waals surface area contributed by atoms with Crippen molar-refractivity contribution in [3.8, 4) is 0 Å². The van der Waals surface area contributed by atoms with Crippen molar-refractivity contribution in [3.63, 3.8) is 0 Å². The second kappa shape index (κ2) is 6.45. The van der Waals surface area contributed by atoms with Gasteiger partial charge in [-0.3, -0.25) is 4.79 Å². The highest BCUT2D eigenvalue weighted by Gasteiger charge is 2.20. The van der Waals surface area contributed by atoms with E-state index in [2.05, 4.69) is 15.9 Å². The standard InChI is InChI=1S/C12H16BrNO3S/c1-10(15)11-4-6-12(7-5-11)18(16,17)14(2)9-3-8-13/h4-7H,3,8-9H2,1-2H3. The first-order valence-corrected chi connectivity index (χ1v) is 8.09. The molecule has 0 atom stereocenters. The summed E-state index contributed by atoms with van der Waals surface area (Å²) in [6.07, 6.45) is 0.751. The van der Waals surface area contributed by atoms with Gasteiger partial charge in [-0.1, -0.05) is 28.1 Å². The number of alkyl halides is 1. The fraction of sp³-hybridized carbons (Fsp3) is 0.417. The van der Waals surface area contributed by atoms with Crippen molar-refractivity contribution in [3.05, 3.63) is 29.8 Å². The summed E-state index contributed by atoms with van der Waals surface area (Å²) in [7, 11) is -1.90. The van der Waals surface area contributed by atoms with Crippen LogP contribution in [0.15, 0.2) is 29.2 Å². The van der Waals surface area contributed by atoms with Gasteiger partial charge >= 0.3 is 0 Å². The van der Waals surface area contributed by atoms with Crippen LogP contribution in [0.1, 0.15) is 23.7 Å². The van der Waals surface area contributed by atoms with E-state index in [0.717, 1.165) is 11.8 Å².